The van der Waals surface area contributed by atoms with Gasteiger partial charge < -0.3 is 41.3 Å². The van der Waals surface area contributed by atoms with E-state index in [2.05, 4.69) is 5.32 Å². The van der Waals surface area contributed by atoms with Crippen molar-refractivity contribution in [2.45, 2.75) is 24.4 Å². The molecule has 0 aromatic heterocycles. The van der Waals surface area contributed by atoms with E-state index in [0.717, 1.165) is 0 Å². The van der Waals surface area contributed by atoms with Crippen molar-refractivity contribution in [2.75, 3.05) is 27.3 Å². The molecular weight excluding hydrogens is 286 g/mol. The summed E-state index contributed by atoms with van der Waals surface area (Å²) >= 11 is 0. The number of nitrogens with two attached hydrogens (primary N) is 1. The fraction of sp³-hybridized carbons (Fsp3) is 0.800. The number of guanidine groups is 2. The van der Waals surface area contributed by atoms with Gasteiger partial charge in [0, 0.05) is 14.1 Å². The van der Waals surface area contributed by atoms with Crippen LogP contribution in [0.2, 0.25) is 0 Å². The second-order valence-corrected chi connectivity index (χ2v) is 4.26. The largest absolute Gasteiger partial charge is 0.394 e. The molecule has 0 rings (SSSR count). The molecule has 0 radical (unpaired) electrons. The predicted molar refractivity (Wildman–Crippen MR) is 74.7 cm³/mol. The highest BCUT2D eigenvalue weighted by molar-refractivity contribution is 5.94. The summed E-state index contributed by atoms with van der Waals surface area (Å²) in [6.07, 6.45) is -6.39. The zero-order chi connectivity index (χ0) is 17.2. The average molecular weight is 311 g/mol. The van der Waals surface area contributed by atoms with E-state index in [-0.39, 0.29) is 11.9 Å². The Balaban J connectivity index is 0. The molecule has 0 aromatic carbocycles. The fourth-order valence-corrected chi connectivity index (χ4v) is 0.911. The Labute approximate surface area is 122 Å². The Morgan fingerprint density at radius 2 is 1.33 bits per heavy atom. The standard InChI is InChI=1S/C6H14O6.C4H11N5/c7-1-3(9)5(11)6(12)4(10)2-8;1-9(2)4(7)8-3(5)6/h3-12H,1-2H2;1-2H3,(H5,5,6,7,8)/t3-,4-,5-,6-;/m1./s1. The maximum absolute atomic E-state index is 8.96. The molecule has 0 saturated carbocycles. The van der Waals surface area contributed by atoms with E-state index in [9.17, 15) is 0 Å². The summed E-state index contributed by atoms with van der Waals surface area (Å²) in [6.45, 7) is -1.45. The second-order valence-electron chi connectivity index (χ2n) is 4.26. The van der Waals surface area contributed by atoms with Gasteiger partial charge in [0.25, 0.3) is 0 Å². The van der Waals surface area contributed by atoms with Crippen LogP contribution in [-0.2, 0) is 0 Å². The van der Waals surface area contributed by atoms with Gasteiger partial charge in [0.05, 0.1) is 13.2 Å². The molecule has 0 saturated heterocycles. The Morgan fingerprint density at radius 3 is 1.48 bits per heavy atom. The Hall–Kier alpha value is -1.50. The summed E-state index contributed by atoms with van der Waals surface area (Å²) in [5, 5.41) is 68.3. The van der Waals surface area contributed by atoms with Crippen molar-refractivity contribution in [3.8, 4) is 0 Å². The van der Waals surface area contributed by atoms with Crippen molar-refractivity contribution in [3.63, 3.8) is 0 Å². The maximum atomic E-state index is 8.96. The van der Waals surface area contributed by atoms with E-state index in [0.29, 0.717) is 0 Å². The predicted octanol–water partition coefficient (Wildman–Crippen LogP) is -4.62. The van der Waals surface area contributed by atoms with Gasteiger partial charge in [0.15, 0.2) is 11.9 Å². The molecule has 0 aliphatic heterocycles. The first-order valence-electron chi connectivity index (χ1n) is 5.89. The molecular formula is C10H25N5O6. The number of aliphatic hydroxyl groups excluding tert-OH is 6. The van der Waals surface area contributed by atoms with Gasteiger partial charge in [-0.1, -0.05) is 0 Å². The minimum atomic E-state index is -1.67. The van der Waals surface area contributed by atoms with E-state index in [4.69, 9.17) is 47.2 Å². The molecule has 0 bridgehead atoms. The van der Waals surface area contributed by atoms with Gasteiger partial charge in [-0.05, 0) is 0 Å². The van der Waals surface area contributed by atoms with E-state index >= 15 is 0 Å². The molecule has 0 aromatic rings. The van der Waals surface area contributed by atoms with Gasteiger partial charge in [-0.15, -0.1) is 0 Å². The summed E-state index contributed by atoms with van der Waals surface area (Å²) < 4.78 is 0. The molecule has 0 fully saturated rings. The average Bonchev–Trinajstić information content (AvgIpc) is 2.43. The van der Waals surface area contributed by atoms with Crippen LogP contribution in [0.5, 0.6) is 0 Å². The van der Waals surface area contributed by atoms with Gasteiger partial charge in [-0.25, -0.2) is 0 Å². The summed E-state index contributed by atoms with van der Waals surface area (Å²) in [7, 11) is 3.39. The van der Waals surface area contributed by atoms with Gasteiger partial charge in [0.1, 0.15) is 24.4 Å². The molecule has 0 spiro atoms. The highest BCUT2D eigenvalue weighted by Crippen LogP contribution is 2.03. The summed E-state index contributed by atoms with van der Waals surface area (Å²) in [4.78, 5) is 1.52. The normalized spacial score (nSPS) is 15.8. The maximum Gasteiger partial charge on any atom is 0.197 e. The van der Waals surface area contributed by atoms with Gasteiger partial charge in [0.2, 0.25) is 0 Å². The first-order chi connectivity index (χ1) is 9.58. The lowest BCUT2D eigenvalue weighted by Gasteiger charge is -2.24. The van der Waals surface area contributed by atoms with Crippen molar-refractivity contribution in [3.05, 3.63) is 0 Å². The Kier molecular flexibility index (Phi) is 11.6. The van der Waals surface area contributed by atoms with Crippen molar-refractivity contribution in [2.24, 2.45) is 5.73 Å². The fourth-order valence-electron chi connectivity index (χ4n) is 0.911. The summed E-state index contributed by atoms with van der Waals surface area (Å²) in [5.41, 5.74) is 4.94. The highest BCUT2D eigenvalue weighted by atomic mass is 16.4. The quantitative estimate of drug-likeness (QED) is 0.174. The second kappa shape index (κ2) is 11.2. The zero-order valence-corrected chi connectivity index (χ0v) is 11.9. The lowest BCUT2D eigenvalue weighted by molar-refractivity contribution is -0.123. The third-order valence-corrected chi connectivity index (χ3v) is 2.21. The summed E-state index contributed by atoms with van der Waals surface area (Å²) in [6, 6.07) is 0. The van der Waals surface area contributed by atoms with Crippen LogP contribution in [0.15, 0.2) is 0 Å². The van der Waals surface area contributed by atoms with Crippen LogP contribution in [0.1, 0.15) is 0 Å². The molecule has 11 N–H and O–H groups in total. The van der Waals surface area contributed by atoms with Crippen molar-refractivity contribution >= 4 is 11.9 Å². The first kappa shape index (κ1) is 21.8. The molecule has 0 aliphatic rings. The molecule has 11 nitrogen and oxygen atoms in total. The smallest absolute Gasteiger partial charge is 0.197 e. The molecule has 11 heteroatoms. The van der Waals surface area contributed by atoms with Crippen molar-refractivity contribution in [1.29, 1.82) is 10.8 Å². The van der Waals surface area contributed by atoms with E-state index in [1.165, 1.54) is 4.90 Å². The third-order valence-electron chi connectivity index (χ3n) is 2.21. The van der Waals surface area contributed by atoms with Crippen molar-refractivity contribution in [1.82, 2.24) is 10.2 Å². The molecule has 0 amide bonds. The van der Waals surface area contributed by atoms with Crippen molar-refractivity contribution < 1.29 is 30.6 Å². The van der Waals surface area contributed by atoms with E-state index in [1.54, 1.807) is 14.1 Å². The molecule has 0 heterocycles. The van der Waals surface area contributed by atoms with Crippen LogP contribution < -0.4 is 11.1 Å². The number of nitrogens with zero attached hydrogens (tertiary/aromatic N) is 1. The number of hydrogen-bond donors (Lipinski definition) is 10. The molecule has 21 heavy (non-hydrogen) atoms. The van der Waals surface area contributed by atoms with Crippen LogP contribution >= 0.6 is 0 Å². The molecule has 0 unspecified atom stereocenters. The summed E-state index contributed by atoms with van der Waals surface area (Å²) in [5.74, 6) is -0.101. The van der Waals surface area contributed by atoms with Gasteiger partial charge in [-0.2, -0.15) is 0 Å². The zero-order valence-electron chi connectivity index (χ0n) is 11.9. The van der Waals surface area contributed by atoms with Gasteiger partial charge in [-0.3, -0.25) is 16.1 Å². The molecule has 4 atom stereocenters. The SMILES string of the molecule is CN(C)C(=N)NC(=N)N.OC[C@@H](O)[C@@H](O)[C@H](O)[C@H](O)CO. The minimum Gasteiger partial charge on any atom is -0.394 e. The Bertz CT molecular complexity index is 302. The van der Waals surface area contributed by atoms with Crippen LogP contribution in [0.25, 0.3) is 0 Å². The lowest BCUT2D eigenvalue weighted by Crippen LogP contribution is -2.46. The van der Waals surface area contributed by atoms with Crippen LogP contribution in [-0.4, -0.2) is 99.2 Å². The van der Waals surface area contributed by atoms with E-state index in [1.807, 2.05) is 0 Å². The number of nitrogens with one attached hydrogen (secondary N) is 3. The molecule has 126 valence electrons. The number of rotatable bonds is 5. The Morgan fingerprint density at radius 1 is 1.00 bits per heavy atom. The van der Waals surface area contributed by atoms with Crippen LogP contribution in [0.3, 0.4) is 0 Å². The minimum absolute atomic E-state index is 0.113. The first-order valence-corrected chi connectivity index (χ1v) is 5.89. The number of hydrogen-bond acceptors (Lipinski definition) is 8. The van der Waals surface area contributed by atoms with E-state index < -0.39 is 37.6 Å². The van der Waals surface area contributed by atoms with Crippen LogP contribution in [0, 0.1) is 10.8 Å². The number of aliphatic hydroxyl groups is 6. The van der Waals surface area contributed by atoms with Crippen LogP contribution in [0.4, 0.5) is 0 Å². The topological polar surface area (TPSA) is 210 Å². The third kappa shape index (κ3) is 9.95. The lowest BCUT2D eigenvalue weighted by atomic mass is 10.0. The highest BCUT2D eigenvalue weighted by Gasteiger charge is 2.29. The van der Waals surface area contributed by atoms with Gasteiger partial charge >= 0.3 is 0 Å². The molecule has 0 aliphatic carbocycles. The monoisotopic (exact) mass is 311 g/mol.